The first-order valence-corrected chi connectivity index (χ1v) is 12.2. The minimum absolute atomic E-state index is 0.0605. The zero-order valence-electron chi connectivity index (χ0n) is 20.5. The molecule has 1 aliphatic rings. The first kappa shape index (κ1) is 23.7. The Hall–Kier alpha value is -4.03. The average molecular weight is 479 g/mol. The van der Waals surface area contributed by atoms with Gasteiger partial charge in [0.15, 0.2) is 0 Å². The number of aliphatic hydroxyl groups is 1. The summed E-state index contributed by atoms with van der Waals surface area (Å²) in [6.45, 7) is 2.17. The second-order valence-electron chi connectivity index (χ2n) is 9.49. The molecule has 0 saturated carbocycles. The molecule has 2 N–H and O–H groups in total. The third kappa shape index (κ3) is 4.48. The van der Waals surface area contributed by atoms with Crippen LogP contribution in [0.25, 0.3) is 10.8 Å². The number of aliphatic hydroxyl groups excluding tert-OH is 1. The third-order valence-electron chi connectivity index (χ3n) is 7.07. The smallest absolute Gasteiger partial charge is 0.241 e. The fourth-order valence-electron chi connectivity index (χ4n) is 5.01. The van der Waals surface area contributed by atoms with Crippen LogP contribution in [-0.4, -0.2) is 46.6 Å². The Morgan fingerprint density at radius 2 is 1.69 bits per heavy atom. The van der Waals surface area contributed by atoms with Crippen LogP contribution in [0.5, 0.6) is 0 Å². The Balaban J connectivity index is 1.49. The molecule has 36 heavy (non-hydrogen) atoms. The number of aliphatic imine (C=N–C) groups is 1. The summed E-state index contributed by atoms with van der Waals surface area (Å²) >= 11 is 0. The summed E-state index contributed by atoms with van der Waals surface area (Å²) in [5.74, 6) is 0.391. The fraction of sp³-hybridized carbons (Fsp3) is 0.233. The lowest BCUT2D eigenvalue weighted by Crippen LogP contribution is -2.62. The van der Waals surface area contributed by atoms with Gasteiger partial charge in [0, 0.05) is 25.9 Å². The maximum atomic E-state index is 14.0. The average Bonchev–Trinajstić information content (AvgIpc) is 2.92. The number of hydrogen-bond donors (Lipinski definition) is 2. The van der Waals surface area contributed by atoms with Gasteiger partial charge in [-0.25, -0.2) is 0 Å². The van der Waals surface area contributed by atoms with E-state index in [1.54, 1.807) is 24.3 Å². The van der Waals surface area contributed by atoms with Gasteiger partial charge in [0.1, 0.15) is 0 Å². The van der Waals surface area contributed by atoms with E-state index in [2.05, 4.69) is 39.6 Å². The van der Waals surface area contributed by atoms with Crippen molar-refractivity contribution in [1.29, 1.82) is 0 Å². The Morgan fingerprint density at radius 3 is 2.44 bits per heavy atom. The van der Waals surface area contributed by atoms with Crippen molar-refractivity contribution >= 4 is 22.6 Å². The first-order valence-electron chi connectivity index (χ1n) is 12.2. The fourth-order valence-corrected chi connectivity index (χ4v) is 5.01. The molecule has 5 rings (SSSR count). The Morgan fingerprint density at radius 1 is 1.00 bits per heavy atom. The normalized spacial score (nSPS) is 22.0. The molecule has 3 atom stereocenters. The number of nitrogens with one attached hydrogen (secondary N) is 1. The number of pyridine rings is 1. The maximum absolute atomic E-state index is 14.0. The highest BCUT2D eigenvalue weighted by Gasteiger charge is 2.50. The highest BCUT2D eigenvalue weighted by atomic mass is 16.3. The number of fused-ring (bicyclic) bond motifs is 1. The second-order valence-corrected chi connectivity index (χ2v) is 9.49. The van der Waals surface area contributed by atoms with Crippen LogP contribution in [0.1, 0.15) is 29.7 Å². The number of benzene rings is 3. The topological polar surface area (TPSA) is 77.8 Å². The number of likely N-dealkylation sites (N-methyl/N-ethyl adjacent to an activating group) is 1. The van der Waals surface area contributed by atoms with Crippen LogP contribution in [0.4, 0.5) is 0 Å². The third-order valence-corrected chi connectivity index (χ3v) is 7.07. The molecule has 2 heterocycles. The van der Waals surface area contributed by atoms with Crippen molar-refractivity contribution in [2.24, 2.45) is 4.99 Å². The van der Waals surface area contributed by atoms with Crippen LogP contribution in [0.2, 0.25) is 0 Å². The molecule has 6 heteroatoms. The van der Waals surface area contributed by atoms with Gasteiger partial charge in [-0.1, -0.05) is 66.7 Å². The monoisotopic (exact) mass is 478 g/mol. The zero-order valence-corrected chi connectivity index (χ0v) is 20.5. The molecule has 1 saturated heterocycles. The van der Waals surface area contributed by atoms with Crippen LogP contribution in [-0.2, 0) is 16.6 Å². The summed E-state index contributed by atoms with van der Waals surface area (Å²) in [5, 5.41) is 16.3. The van der Waals surface area contributed by atoms with Gasteiger partial charge in [-0.3, -0.25) is 19.7 Å². The van der Waals surface area contributed by atoms with Crippen molar-refractivity contribution in [3.8, 4) is 0 Å². The van der Waals surface area contributed by atoms with Gasteiger partial charge >= 0.3 is 0 Å². The van der Waals surface area contributed by atoms with Crippen LogP contribution < -0.4 is 5.32 Å². The molecule has 4 aromatic rings. The number of carbonyl (C=O) groups is 1. The number of amides is 1. The predicted octanol–water partition coefficient (Wildman–Crippen LogP) is 4.26. The van der Waals surface area contributed by atoms with Gasteiger partial charge < -0.3 is 10.4 Å². The number of nitrogens with zero attached hydrogens (tertiary/aromatic N) is 3. The molecule has 0 radical (unpaired) electrons. The molecule has 0 spiro atoms. The SMILES string of the molecule is CN1C(=O)C(C)(c2ccc3ccccc3c2)C(c2ccncc2)NC1=NCC(O)Cc1ccccc1. The van der Waals surface area contributed by atoms with E-state index in [-0.39, 0.29) is 18.5 Å². The van der Waals surface area contributed by atoms with E-state index in [1.807, 2.05) is 67.6 Å². The van der Waals surface area contributed by atoms with Crippen molar-refractivity contribution in [1.82, 2.24) is 15.2 Å². The minimum atomic E-state index is -0.887. The number of carbonyl (C=O) groups excluding carboxylic acids is 1. The highest BCUT2D eigenvalue weighted by molar-refractivity contribution is 6.05. The summed E-state index contributed by atoms with van der Waals surface area (Å²) in [7, 11) is 1.74. The van der Waals surface area contributed by atoms with Gasteiger partial charge in [0.2, 0.25) is 11.9 Å². The van der Waals surface area contributed by atoms with E-state index >= 15 is 0 Å². The maximum Gasteiger partial charge on any atom is 0.241 e. The van der Waals surface area contributed by atoms with E-state index in [9.17, 15) is 9.90 Å². The first-order chi connectivity index (χ1) is 17.5. The lowest BCUT2D eigenvalue weighted by Gasteiger charge is -2.46. The van der Waals surface area contributed by atoms with Gasteiger partial charge in [0.05, 0.1) is 24.1 Å². The number of rotatable bonds is 6. The van der Waals surface area contributed by atoms with Crippen LogP contribution in [0.15, 0.2) is 102 Å². The van der Waals surface area contributed by atoms with Crippen molar-refractivity contribution in [3.63, 3.8) is 0 Å². The molecule has 1 fully saturated rings. The Bertz CT molecular complexity index is 1390. The zero-order chi connectivity index (χ0) is 25.1. The van der Waals surface area contributed by atoms with E-state index in [1.165, 1.54) is 0 Å². The number of hydrogen-bond acceptors (Lipinski definition) is 4. The minimum Gasteiger partial charge on any atom is -0.391 e. The van der Waals surface area contributed by atoms with E-state index in [0.717, 1.165) is 27.5 Å². The van der Waals surface area contributed by atoms with Crippen LogP contribution in [0, 0.1) is 0 Å². The molecule has 0 aliphatic carbocycles. The van der Waals surface area contributed by atoms with Gasteiger partial charge in [0.25, 0.3) is 0 Å². The van der Waals surface area contributed by atoms with Crippen molar-refractivity contribution in [2.45, 2.75) is 30.9 Å². The molecule has 1 aliphatic heterocycles. The van der Waals surface area contributed by atoms with Gasteiger partial charge in [-0.15, -0.1) is 0 Å². The molecule has 0 bridgehead atoms. The van der Waals surface area contributed by atoms with Crippen LogP contribution >= 0.6 is 0 Å². The lowest BCUT2D eigenvalue weighted by molar-refractivity contribution is -0.134. The van der Waals surface area contributed by atoms with E-state index in [4.69, 9.17) is 0 Å². The Labute approximate surface area is 211 Å². The Kier molecular flexibility index (Phi) is 6.53. The summed E-state index contributed by atoms with van der Waals surface area (Å²) in [6, 6.07) is 27.7. The second kappa shape index (κ2) is 9.91. The molecule has 3 aromatic carbocycles. The summed E-state index contributed by atoms with van der Waals surface area (Å²) in [4.78, 5) is 24.4. The molecule has 1 amide bonds. The van der Waals surface area contributed by atoms with Gasteiger partial charge in [-0.2, -0.15) is 0 Å². The van der Waals surface area contributed by atoms with Crippen molar-refractivity contribution < 1.29 is 9.90 Å². The van der Waals surface area contributed by atoms with Gasteiger partial charge in [-0.05, 0) is 52.6 Å². The molecule has 3 unspecified atom stereocenters. The quantitative estimate of drug-likeness (QED) is 0.434. The predicted molar refractivity (Wildman–Crippen MR) is 143 cm³/mol. The molecule has 1 aromatic heterocycles. The van der Waals surface area contributed by atoms with E-state index in [0.29, 0.717) is 12.4 Å². The standard InChI is InChI=1S/C30H30N4O2/c1-30(25-13-12-22-10-6-7-11-24(22)19-25)27(23-14-16-31-17-15-23)33-29(34(2)28(30)36)32-20-26(35)18-21-8-4-3-5-9-21/h3-17,19,26-27,35H,18,20H2,1-2H3,(H,32,33). The number of guanidine groups is 1. The summed E-state index contributed by atoms with van der Waals surface area (Å²) in [6.07, 6.45) is 3.32. The number of aromatic nitrogens is 1. The molecule has 182 valence electrons. The van der Waals surface area contributed by atoms with Crippen molar-refractivity contribution in [3.05, 3.63) is 114 Å². The molecule has 6 nitrogen and oxygen atoms in total. The largest absolute Gasteiger partial charge is 0.391 e. The highest BCUT2D eigenvalue weighted by Crippen LogP contribution is 2.42. The molecular formula is C30H30N4O2. The van der Waals surface area contributed by atoms with Crippen molar-refractivity contribution in [2.75, 3.05) is 13.6 Å². The molecular weight excluding hydrogens is 448 g/mol. The summed E-state index contributed by atoms with van der Waals surface area (Å²) in [5.41, 5.74) is 2.03. The van der Waals surface area contributed by atoms with E-state index < -0.39 is 11.5 Å². The summed E-state index contributed by atoms with van der Waals surface area (Å²) < 4.78 is 0. The lowest BCUT2D eigenvalue weighted by atomic mass is 9.70. The van der Waals surface area contributed by atoms with Crippen LogP contribution in [0.3, 0.4) is 0 Å².